The van der Waals surface area contributed by atoms with Gasteiger partial charge in [-0.3, -0.25) is 4.79 Å². The number of carbonyl (C=O) groups is 1. The molecule has 21 heavy (non-hydrogen) atoms. The van der Waals surface area contributed by atoms with E-state index in [2.05, 4.69) is 5.32 Å². The Labute approximate surface area is 126 Å². The van der Waals surface area contributed by atoms with Gasteiger partial charge in [0.05, 0.1) is 6.26 Å². The fourth-order valence-electron chi connectivity index (χ4n) is 2.17. The van der Waals surface area contributed by atoms with E-state index >= 15 is 0 Å². The number of aryl methyl sites for hydroxylation is 1. The van der Waals surface area contributed by atoms with E-state index in [1.165, 1.54) is 10.6 Å². The van der Waals surface area contributed by atoms with Crippen LogP contribution in [-0.2, 0) is 21.4 Å². The second-order valence-corrected chi connectivity index (χ2v) is 7.63. The van der Waals surface area contributed by atoms with Crippen LogP contribution in [0.15, 0.2) is 24.3 Å². The molecule has 0 aromatic heterocycles. The number of hydrogen-bond acceptors (Lipinski definition) is 3. The first-order valence-electron chi connectivity index (χ1n) is 7.14. The zero-order chi connectivity index (χ0) is 15.5. The van der Waals surface area contributed by atoms with Crippen molar-refractivity contribution in [1.82, 2.24) is 9.62 Å². The van der Waals surface area contributed by atoms with Crippen LogP contribution in [0.25, 0.3) is 0 Å². The fraction of sp³-hybridized carbons (Fsp3) is 0.533. The normalized spacial score (nSPS) is 15.2. The number of benzene rings is 1. The summed E-state index contributed by atoms with van der Waals surface area (Å²) < 4.78 is 25.1. The smallest absolute Gasteiger partial charge is 0.223 e. The molecule has 1 saturated carbocycles. The molecule has 0 radical (unpaired) electrons. The van der Waals surface area contributed by atoms with Gasteiger partial charge in [-0.15, -0.1) is 0 Å². The SMILES string of the molecule is Cc1cccc(CN(CCNC(=O)C2CC2)S(C)(=O)=O)c1. The maximum atomic E-state index is 11.9. The van der Waals surface area contributed by atoms with Crippen LogP contribution >= 0.6 is 0 Å². The van der Waals surface area contributed by atoms with Gasteiger partial charge in [0, 0.05) is 25.6 Å². The molecule has 0 heterocycles. The third-order valence-electron chi connectivity index (χ3n) is 3.52. The van der Waals surface area contributed by atoms with Crippen LogP contribution in [0.4, 0.5) is 0 Å². The van der Waals surface area contributed by atoms with Crippen LogP contribution < -0.4 is 5.32 Å². The van der Waals surface area contributed by atoms with Crippen molar-refractivity contribution < 1.29 is 13.2 Å². The number of hydrogen-bond donors (Lipinski definition) is 1. The van der Waals surface area contributed by atoms with E-state index in [-0.39, 0.29) is 11.8 Å². The highest BCUT2D eigenvalue weighted by Crippen LogP contribution is 2.28. The van der Waals surface area contributed by atoms with Crippen LogP contribution in [0.3, 0.4) is 0 Å². The Kier molecular flexibility index (Phi) is 5.00. The third-order valence-corrected chi connectivity index (χ3v) is 4.77. The van der Waals surface area contributed by atoms with Gasteiger partial charge in [0.15, 0.2) is 0 Å². The molecule has 1 aromatic rings. The summed E-state index contributed by atoms with van der Waals surface area (Å²) in [5, 5.41) is 2.80. The molecule has 0 saturated heterocycles. The first-order chi connectivity index (χ1) is 9.86. The van der Waals surface area contributed by atoms with Crippen molar-refractivity contribution in [3.63, 3.8) is 0 Å². The number of nitrogens with zero attached hydrogens (tertiary/aromatic N) is 1. The number of nitrogens with one attached hydrogen (secondary N) is 1. The molecular formula is C15H22N2O3S. The molecule has 1 fully saturated rings. The quantitative estimate of drug-likeness (QED) is 0.825. The third kappa shape index (κ3) is 5.13. The molecule has 1 N–H and O–H groups in total. The van der Waals surface area contributed by atoms with Crippen LogP contribution in [-0.4, -0.2) is 38.0 Å². The molecule has 5 nitrogen and oxygen atoms in total. The number of carbonyl (C=O) groups excluding carboxylic acids is 1. The Morgan fingerprint density at radius 2 is 2.10 bits per heavy atom. The molecule has 0 bridgehead atoms. The lowest BCUT2D eigenvalue weighted by Gasteiger charge is -2.20. The van der Waals surface area contributed by atoms with E-state index in [1.807, 2.05) is 31.2 Å². The maximum absolute atomic E-state index is 11.9. The minimum Gasteiger partial charge on any atom is -0.355 e. The Balaban J connectivity index is 1.93. The van der Waals surface area contributed by atoms with Gasteiger partial charge in [-0.2, -0.15) is 4.31 Å². The van der Waals surface area contributed by atoms with Gasteiger partial charge in [0.25, 0.3) is 0 Å². The van der Waals surface area contributed by atoms with Gasteiger partial charge in [-0.05, 0) is 25.3 Å². The van der Waals surface area contributed by atoms with Gasteiger partial charge in [-0.25, -0.2) is 8.42 Å². The van der Waals surface area contributed by atoms with Crippen molar-refractivity contribution in [3.8, 4) is 0 Å². The minimum atomic E-state index is -3.30. The molecule has 1 aliphatic rings. The predicted molar refractivity (Wildman–Crippen MR) is 82.2 cm³/mol. The molecule has 6 heteroatoms. The Bertz CT molecular complexity index is 609. The van der Waals surface area contributed by atoms with Gasteiger partial charge in [0.2, 0.25) is 15.9 Å². The second kappa shape index (κ2) is 6.58. The summed E-state index contributed by atoms with van der Waals surface area (Å²) in [6, 6.07) is 7.78. The lowest BCUT2D eigenvalue weighted by molar-refractivity contribution is -0.122. The van der Waals surface area contributed by atoms with Crippen LogP contribution in [0, 0.1) is 12.8 Å². The lowest BCUT2D eigenvalue weighted by atomic mass is 10.1. The highest BCUT2D eigenvalue weighted by atomic mass is 32.2. The van der Waals surface area contributed by atoms with E-state index in [9.17, 15) is 13.2 Å². The summed E-state index contributed by atoms with van der Waals surface area (Å²) in [4.78, 5) is 11.6. The molecular weight excluding hydrogens is 288 g/mol. The summed E-state index contributed by atoms with van der Waals surface area (Å²) in [6.07, 6.45) is 3.10. The molecule has 0 unspecified atom stereocenters. The molecule has 0 spiro atoms. The maximum Gasteiger partial charge on any atom is 0.223 e. The molecule has 0 atom stereocenters. The Morgan fingerprint density at radius 3 is 2.67 bits per heavy atom. The van der Waals surface area contributed by atoms with Crippen molar-refractivity contribution in [1.29, 1.82) is 0 Å². The standard InChI is InChI=1S/C15H22N2O3S/c1-12-4-3-5-13(10-12)11-17(21(2,19)20)9-8-16-15(18)14-6-7-14/h3-5,10,14H,6-9,11H2,1-2H3,(H,16,18). The van der Waals surface area contributed by atoms with E-state index in [0.29, 0.717) is 19.6 Å². The minimum absolute atomic E-state index is 0.0407. The Morgan fingerprint density at radius 1 is 1.38 bits per heavy atom. The van der Waals surface area contributed by atoms with Gasteiger partial charge in [-0.1, -0.05) is 29.8 Å². The predicted octanol–water partition coefficient (Wildman–Crippen LogP) is 1.28. The van der Waals surface area contributed by atoms with Crippen LogP contribution in [0.2, 0.25) is 0 Å². The molecule has 116 valence electrons. The highest BCUT2D eigenvalue weighted by Gasteiger charge is 2.29. The zero-order valence-corrected chi connectivity index (χ0v) is 13.3. The van der Waals surface area contributed by atoms with Crippen molar-refractivity contribution in [2.75, 3.05) is 19.3 Å². The second-order valence-electron chi connectivity index (χ2n) is 5.65. The van der Waals surface area contributed by atoms with Crippen molar-refractivity contribution >= 4 is 15.9 Å². The average molecular weight is 310 g/mol. The van der Waals surface area contributed by atoms with Crippen LogP contribution in [0.1, 0.15) is 24.0 Å². The van der Waals surface area contributed by atoms with Crippen molar-refractivity contribution in [3.05, 3.63) is 35.4 Å². The molecule has 2 rings (SSSR count). The molecule has 1 aliphatic carbocycles. The van der Waals surface area contributed by atoms with Crippen LogP contribution in [0.5, 0.6) is 0 Å². The fourth-order valence-corrected chi connectivity index (χ4v) is 2.98. The number of rotatable bonds is 7. The summed E-state index contributed by atoms with van der Waals surface area (Å²) in [5.74, 6) is 0.187. The summed E-state index contributed by atoms with van der Waals surface area (Å²) in [5.41, 5.74) is 2.05. The van der Waals surface area contributed by atoms with E-state index in [4.69, 9.17) is 0 Å². The first kappa shape index (κ1) is 16.0. The monoisotopic (exact) mass is 310 g/mol. The Hall–Kier alpha value is -1.40. The molecule has 0 aliphatic heterocycles. The summed E-state index contributed by atoms with van der Waals surface area (Å²) in [6.45, 7) is 2.96. The van der Waals surface area contributed by atoms with E-state index in [1.54, 1.807) is 0 Å². The first-order valence-corrected chi connectivity index (χ1v) is 8.99. The molecule has 1 amide bonds. The van der Waals surface area contributed by atoms with Gasteiger partial charge in [0.1, 0.15) is 0 Å². The van der Waals surface area contributed by atoms with Gasteiger partial charge < -0.3 is 5.32 Å². The summed E-state index contributed by atoms with van der Waals surface area (Å²) >= 11 is 0. The van der Waals surface area contributed by atoms with E-state index in [0.717, 1.165) is 24.0 Å². The largest absolute Gasteiger partial charge is 0.355 e. The summed E-state index contributed by atoms with van der Waals surface area (Å²) in [7, 11) is -3.30. The molecule has 1 aromatic carbocycles. The lowest BCUT2D eigenvalue weighted by Crippen LogP contribution is -2.38. The number of amides is 1. The highest BCUT2D eigenvalue weighted by molar-refractivity contribution is 7.88. The zero-order valence-electron chi connectivity index (χ0n) is 12.5. The van der Waals surface area contributed by atoms with E-state index < -0.39 is 10.0 Å². The van der Waals surface area contributed by atoms with Gasteiger partial charge >= 0.3 is 0 Å². The van der Waals surface area contributed by atoms with Crippen molar-refractivity contribution in [2.45, 2.75) is 26.3 Å². The average Bonchev–Trinajstić information content (AvgIpc) is 3.20. The van der Waals surface area contributed by atoms with Crippen molar-refractivity contribution in [2.24, 2.45) is 5.92 Å². The number of sulfonamides is 1. The topological polar surface area (TPSA) is 66.5 Å².